The number of amides is 1. The Hall–Kier alpha value is -2.80. The number of benzene rings is 3. The number of carbonyl (C=O) groups is 1. The number of rotatable bonds is 7. The molecule has 4 rings (SSSR count). The lowest BCUT2D eigenvalue weighted by Crippen LogP contribution is -2.49. The normalized spacial score (nSPS) is 15.4. The fourth-order valence-electron chi connectivity index (χ4n) is 4.03. The molecular formula is C27H27ClF2N2O2. The monoisotopic (exact) mass is 484 g/mol. The number of ether oxygens (including phenoxy) is 1. The first-order valence-corrected chi connectivity index (χ1v) is 11.7. The summed E-state index contributed by atoms with van der Waals surface area (Å²) in [7, 11) is 0. The van der Waals surface area contributed by atoms with E-state index in [0.29, 0.717) is 43.3 Å². The highest BCUT2D eigenvalue weighted by molar-refractivity contribution is 6.30. The zero-order valence-corrected chi connectivity index (χ0v) is 19.8. The molecule has 0 spiro atoms. The number of piperazine rings is 1. The van der Waals surface area contributed by atoms with Crippen LogP contribution in [-0.2, 0) is 11.3 Å². The van der Waals surface area contributed by atoms with E-state index < -0.39 is 17.7 Å². The average molecular weight is 485 g/mol. The maximum Gasteiger partial charge on any atom is 0.253 e. The highest BCUT2D eigenvalue weighted by Crippen LogP contribution is 2.25. The molecule has 3 aromatic rings. The summed E-state index contributed by atoms with van der Waals surface area (Å²) < 4.78 is 34.2. The molecule has 1 aliphatic rings. The van der Waals surface area contributed by atoms with Crippen molar-refractivity contribution in [3.8, 4) is 0 Å². The molecule has 1 heterocycles. The first kappa shape index (κ1) is 24.3. The van der Waals surface area contributed by atoms with Crippen molar-refractivity contribution in [2.75, 3.05) is 32.7 Å². The zero-order valence-electron chi connectivity index (χ0n) is 19.0. The lowest BCUT2D eigenvalue weighted by Gasteiger charge is -2.36. The van der Waals surface area contributed by atoms with Gasteiger partial charge < -0.3 is 9.64 Å². The Morgan fingerprint density at radius 3 is 2.18 bits per heavy atom. The van der Waals surface area contributed by atoms with Gasteiger partial charge in [0.25, 0.3) is 5.91 Å². The van der Waals surface area contributed by atoms with Gasteiger partial charge in [-0.2, -0.15) is 0 Å². The number of carbonyl (C=O) groups excluding carboxylic acids is 1. The second-order valence-electron chi connectivity index (χ2n) is 8.51. The summed E-state index contributed by atoms with van der Waals surface area (Å²) in [6.07, 6.45) is -0.407. The van der Waals surface area contributed by atoms with Crippen LogP contribution >= 0.6 is 11.6 Å². The summed E-state index contributed by atoms with van der Waals surface area (Å²) in [6.45, 7) is 4.90. The molecule has 0 bridgehead atoms. The summed E-state index contributed by atoms with van der Waals surface area (Å²) in [6, 6.07) is 18.7. The maximum absolute atomic E-state index is 14.1. The van der Waals surface area contributed by atoms with Crippen molar-refractivity contribution in [3.05, 3.63) is 106 Å². The molecule has 0 aliphatic carbocycles. The molecule has 4 nitrogen and oxygen atoms in total. The predicted molar refractivity (Wildman–Crippen MR) is 129 cm³/mol. The van der Waals surface area contributed by atoms with Gasteiger partial charge in [0.05, 0.1) is 12.7 Å². The topological polar surface area (TPSA) is 32.8 Å². The van der Waals surface area contributed by atoms with Gasteiger partial charge in [0, 0.05) is 48.9 Å². The van der Waals surface area contributed by atoms with Crippen LogP contribution in [-0.4, -0.2) is 48.4 Å². The second kappa shape index (κ2) is 11.1. The van der Waals surface area contributed by atoms with Crippen LogP contribution in [0.25, 0.3) is 0 Å². The second-order valence-corrected chi connectivity index (χ2v) is 8.95. The fourth-order valence-corrected chi connectivity index (χ4v) is 4.16. The maximum atomic E-state index is 14.1. The number of hydrogen-bond donors (Lipinski definition) is 0. The molecular weight excluding hydrogens is 458 g/mol. The quantitative estimate of drug-likeness (QED) is 0.435. The van der Waals surface area contributed by atoms with Crippen LogP contribution in [0, 0.1) is 18.6 Å². The fraction of sp³-hybridized carbons (Fsp3) is 0.296. The van der Waals surface area contributed by atoms with E-state index in [1.54, 1.807) is 12.1 Å². The van der Waals surface area contributed by atoms with Crippen LogP contribution in [0.1, 0.15) is 33.2 Å². The molecule has 1 fully saturated rings. The molecule has 178 valence electrons. The number of nitrogens with zero attached hydrogens (tertiary/aromatic N) is 2. The van der Waals surface area contributed by atoms with Gasteiger partial charge in [0.1, 0.15) is 11.6 Å². The molecule has 34 heavy (non-hydrogen) atoms. The third-order valence-electron chi connectivity index (χ3n) is 6.11. The van der Waals surface area contributed by atoms with E-state index in [0.717, 1.165) is 11.1 Å². The van der Waals surface area contributed by atoms with E-state index in [1.807, 2.05) is 48.2 Å². The first-order valence-electron chi connectivity index (χ1n) is 11.3. The SMILES string of the molecule is Cc1ccc(C(=O)N2CCN(CC(OCc3c(F)cccc3F)c3ccc(Cl)cc3)CC2)cc1. The Kier molecular flexibility index (Phi) is 7.93. The van der Waals surface area contributed by atoms with Gasteiger partial charge in [-0.3, -0.25) is 9.69 Å². The molecule has 0 saturated carbocycles. The lowest BCUT2D eigenvalue weighted by molar-refractivity contribution is 0.00145. The van der Waals surface area contributed by atoms with Crippen LogP contribution < -0.4 is 0 Å². The number of aryl methyl sites for hydroxylation is 1. The highest BCUT2D eigenvalue weighted by Gasteiger charge is 2.25. The summed E-state index contributed by atoms with van der Waals surface area (Å²) >= 11 is 6.04. The van der Waals surface area contributed by atoms with Crippen molar-refractivity contribution in [1.82, 2.24) is 9.80 Å². The Balaban J connectivity index is 1.41. The van der Waals surface area contributed by atoms with Crippen molar-refractivity contribution >= 4 is 17.5 Å². The van der Waals surface area contributed by atoms with Gasteiger partial charge in [0.15, 0.2) is 0 Å². The lowest BCUT2D eigenvalue weighted by atomic mass is 10.1. The summed E-state index contributed by atoms with van der Waals surface area (Å²) in [4.78, 5) is 16.9. The minimum absolute atomic E-state index is 0.0279. The van der Waals surface area contributed by atoms with Crippen molar-refractivity contribution in [3.63, 3.8) is 0 Å². The molecule has 1 aliphatic heterocycles. The third-order valence-corrected chi connectivity index (χ3v) is 6.37. The van der Waals surface area contributed by atoms with Gasteiger partial charge in [-0.1, -0.05) is 47.5 Å². The molecule has 1 amide bonds. The van der Waals surface area contributed by atoms with E-state index in [-0.39, 0.29) is 18.1 Å². The molecule has 1 atom stereocenters. The summed E-state index contributed by atoms with van der Waals surface area (Å²) in [5.74, 6) is -1.23. The van der Waals surface area contributed by atoms with Gasteiger partial charge in [-0.25, -0.2) is 8.78 Å². The van der Waals surface area contributed by atoms with Crippen LogP contribution in [0.5, 0.6) is 0 Å². The van der Waals surface area contributed by atoms with E-state index in [9.17, 15) is 13.6 Å². The zero-order chi connectivity index (χ0) is 24.1. The molecule has 7 heteroatoms. The standard InChI is InChI=1S/C27H27ClF2N2O2/c1-19-5-7-21(8-6-19)27(33)32-15-13-31(14-16-32)17-26(20-9-11-22(28)12-10-20)34-18-23-24(29)3-2-4-25(23)30/h2-12,26H,13-18H2,1H3. The Morgan fingerprint density at radius 1 is 0.941 bits per heavy atom. The Bertz CT molecular complexity index is 1090. The highest BCUT2D eigenvalue weighted by atomic mass is 35.5. The number of hydrogen-bond acceptors (Lipinski definition) is 3. The average Bonchev–Trinajstić information content (AvgIpc) is 2.84. The van der Waals surface area contributed by atoms with E-state index in [1.165, 1.54) is 18.2 Å². The first-order chi connectivity index (χ1) is 16.4. The Labute approximate surface area is 203 Å². The van der Waals surface area contributed by atoms with Gasteiger partial charge in [-0.05, 0) is 48.9 Å². The minimum Gasteiger partial charge on any atom is -0.367 e. The van der Waals surface area contributed by atoms with E-state index in [4.69, 9.17) is 16.3 Å². The summed E-state index contributed by atoms with van der Waals surface area (Å²) in [5, 5.41) is 0.603. The van der Waals surface area contributed by atoms with Crippen LogP contribution in [0.2, 0.25) is 5.02 Å². The summed E-state index contributed by atoms with van der Waals surface area (Å²) in [5.41, 5.74) is 2.59. The van der Waals surface area contributed by atoms with E-state index in [2.05, 4.69) is 4.90 Å². The molecule has 1 unspecified atom stereocenters. The van der Waals surface area contributed by atoms with Crippen molar-refractivity contribution < 1.29 is 18.3 Å². The molecule has 1 saturated heterocycles. The van der Waals surface area contributed by atoms with Gasteiger partial charge in [0.2, 0.25) is 0 Å². The third kappa shape index (κ3) is 6.00. The van der Waals surface area contributed by atoms with Crippen LogP contribution in [0.15, 0.2) is 66.7 Å². The van der Waals surface area contributed by atoms with Crippen LogP contribution in [0.4, 0.5) is 8.78 Å². The van der Waals surface area contributed by atoms with E-state index >= 15 is 0 Å². The van der Waals surface area contributed by atoms with Crippen molar-refractivity contribution in [2.45, 2.75) is 19.6 Å². The molecule has 0 radical (unpaired) electrons. The molecule has 3 aromatic carbocycles. The molecule has 0 N–H and O–H groups in total. The smallest absolute Gasteiger partial charge is 0.253 e. The van der Waals surface area contributed by atoms with Gasteiger partial charge >= 0.3 is 0 Å². The Morgan fingerprint density at radius 2 is 1.56 bits per heavy atom. The van der Waals surface area contributed by atoms with Crippen LogP contribution in [0.3, 0.4) is 0 Å². The van der Waals surface area contributed by atoms with Crippen molar-refractivity contribution in [2.24, 2.45) is 0 Å². The molecule has 0 aromatic heterocycles. The minimum atomic E-state index is -0.627. The number of halogens is 3. The van der Waals surface area contributed by atoms with Gasteiger partial charge in [-0.15, -0.1) is 0 Å². The van der Waals surface area contributed by atoms with Crippen molar-refractivity contribution in [1.29, 1.82) is 0 Å². The predicted octanol–water partition coefficient (Wildman–Crippen LogP) is 5.64. The largest absolute Gasteiger partial charge is 0.367 e.